The molecule has 6 atom stereocenters. The van der Waals surface area contributed by atoms with E-state index < -0.39 is 44.3 Å². The van der Waals surface area contributed by atoms with Gasteiger partial charge in [-0.15, -0.1) is 11.8 Å². The van der Waals surface area contributed by atoms with Gasteiger partial charge < -0.3 is 52.0 Å². The van der Waals surface area contributed by atoms with Crippen LogP contribution in [0, 0.1) is 56.3 Å². The number of carbonyl (C=O) groups excluding carboxylic acids is 2. The van der Waals surface area contributed by atoms with E-state index in [0.717, 1.165) is 61.0 Å². The molecule has 30 heteroatoms. The molecule has 0 bridgehead atoms. The number of aryl methyl sites for hydroxylation is 6. The quantitative estimate of drug-likeness (QED) is 0.0129. The first-order chi connectivity index (χ1) is 61.9. The van der Waals surface area contributed by atoms with Gasteiger partial charge in [-0.2, -0.15) is 4.98 Å². The summed E-state index contributed by atoms with van der Waals surface area (Å²) in [7, 11) is 1.41. The maximum atomic E-state index is 14.4. The maximum absolute atomic E-state index is 14.4. The number of benzene rings is 7. The summed E-state index contributed by atoms with van der Waals surface area (Å²) in [4.78, 5) is 64.3. The van der Waals surface area contributed by atoms with E-state index in [1.807, 2.05) is 176 Å². The number of aromatic nitrogens is 4. The van der Waals surface area contributed by atoms with Crippen molar-refractivity contribution in [3.63, 3.8) is 0 Å². The van der Waals surface area contributed by atoms with Gasteiger partial charge in [-0.3, -0.25) is 13.8 Å². The minimum atomic E-state index is -1.20. The minimum absolute atomic E-state index is 0.0127. The van der Waals surface area contributed by atoms with E-state index >= 15 is 0 Å². The topological polar surface area (TPSA) is 288 Å². The highest BCUT2D eigenvalue weighted by Gasteiger charge is 2.39. The van der Waals surface area contributed by atoms with Crippen LogP contribution in [-0.2, 0) is 31.1 Å². The first-order valence-electron chi connectivity index (χ1n) is 44.5. The van der Waals surface area contributed by atoms with E-state index in [0.29, 0.717) is 93.6 Å². The highest BCUT2D eigenvalue weighted by atomic mass is 127. The van der Waals surface area contributed by atoms with Crippen molar-refractivity contribution in [1.82, 2.24) is 34.2 Å². The zero-order valence-electron chi connectivity index (χ0n) is 83.3. The molecule has 0 radical (unpaired) electrons. The Bertz CT molecular complexity index is 5870. The van der Waals surface area contributed by atoms with Gasteiger partial charge in [0.2, 0.25) is 0 Å². The van der Waals surface area contributed by atoms with Crippen molar-refractivity contribution in [2.24, 2.45) is 0 Å². The van der Waals surface area contributed by atoms with Crippen LogP contribution in [0.3, 0.4) is 0 Å². The Balaban J connectivity index is 0.000000270. The van der Waals surface area contributed by atoms with Crippen LogP contribution < -0.4 is 33.5 Å². The number of amidine groups is 1. The van der Waals surface area contributed by atoms with Gasteiger partial charge in [-0.1, -0.05) is 180 Å². The Kier molecular flexibility index (Phi) is 42.9. The zero-order chi connectivity index (χ0) is 100. The smallest absolute Gasteiger partial charge is 0.410 e. The van der Waals surface area contributed by atoms with Crippen molar-refractivity contribution in [2.45, 2.75) is 260 Å². The summed E-state index contributed by atoms with van der Waals surface area (Å²) in [5, 5.41) is 10.1. The lowest BCUT2D eigenvalue weighted by molar-refractivity contribution is 0.000325. The number of hydrogen-bond acceptors (Lipinski definition) is 19. The van der Waals surface area contributed by atoms with Crippen LogP contribution in [-0.4, -0.2) is 153 Å². The van der Waals surface area contributed by atoms with Crippen molar-refractivity contribution in [2.75, 3.05) is 85.3 Å². The number of piperazine rings is 2. The summed E-state index contributed by atoms with van der Waals surface area (Å²) in [6, 6.07) is 39.1. The van der Waals surface area contributed by atoms with Crippen molar-refractivity contribution >= 4 is 170 Å². The summed E-state index contributed by atoms with van der Waals surface area (Å²) in [5.41, 5.74) is 41.2. The Hall–Kier alpha value is -8.13. The number of nitrogen functional groups attached to an aromatic ring is 4. The van der Waals surface area contributed by atoms with Crippen molar-refractivity contribution in [3.8, 4) is 28.2 Å². The Morgan fingerprint density at radius 3 is 1.41 bits per heavy atom. The number of halogens is 5. The predicted octanol–water partition coefficient (Wildman–Crippen LogP) is 26.8. The van der Waals surface area contributed by atoms with Gasteiger partial charge in [0.25, 0.3) is 0 Å². The molecule has 20 nitrogen and oxygen atoms in total. The monoisotopic (exact) mass is 2080 g/mol. The number of amides is 2. The molecule has 2 amide bonds. The lowest BCUT2D eigenvalue weighted by Gasteiger charge is -2.45. The predicted molar refractivity (Wildman–Crippen MR) is 578 cm³/mol. The van der Waals surface area contributed by atoms with E-state index in [2.05, 4.69) is 157 Å². The van der Waals surface area contributed by atoms with Gasteiger partial charge in [0.05, 0.1) is 38.1 Å². The SMILES string of the molecule is CSSC.CSc1cc(C)c(N)c(C(C)C)c1.C[C@@H]1CN(C(=N)c2cc(Cl)c(-c3ccccc3F)nc2Cl)[C@@H](C)CN1C(=O)OC(C)(C)C.Cc1cc(I)cc(C(C)C)c1N.Cc1cc(S(C)=O)cc(C(C)C)c1N.Cc1cccc(C(C)C)c1N.Cc1ccccc1-c1nc2c(cc1Cl)c(N1C[C@@H](C)N(C(=O)OC(C)(C)C)C[C@@H]1C)nc(=O)n2-c1c(C)cc(S(C)=O)cc1C(C)C. The van der Waals surface area contributed by atoms with Crippen LogP contribution in [0.2, 0.25) is 15.2 Å². The second-order valence-electron chi connectivity index (χ2n) is 37.2. The number of ether oxygens (including phenoxy) is 2. The third kappa shape index (κ3) is 30.7. The molecule has 2 aliphatic heterocycles. The highest BCUT2D eigenvalue weighted by Crippen LogP contribution is 2.41. The minimum Gasteiger partial charge on any atom is -0.444 e. The summed E-state index contributed by atoms with van der Waals surface area (Å²) < 4.78 is 52.1. The lowest BCUT2D eigenvalue weighted by atomic mass is 9.97. The summed E-state index contributed by atoms with van der Waals surface area (Å²) in [5.74, 6) is 2.08. The van der Waals surface area contributed by atoms with Crippen LogP contribution in [0.25, 0.3) is 39.2 Å². The van der Waals surface area contributed by atoms with Crippen LogP contribution in [0.1, 0.15) is 235 Å². The van der Waals surface area contributed by atoms with E-state index in [1.165, 1.54) is 47.9 Å². The fourth-order valence-corrected chi connectivity index (χ4v) is 18.5. The van der Waals surface area contributed by atoms with E-state index in [-0.39, 0.29) is 69.5 Å². The van der Waals surface area contributed by atoms with Gasteiger partial charge >= 0.3 is 17.9 Å². The molecule has 2 saturated heterocycles. The van der Waals surface area contributed by atoms with Gasteiger partial charge in [-0.05, 0) is 316 Å². The third-order valence-electron chi connectivity index (χ3n) is 22.5. The molecule has 133 heavy (non-hydrogen) atoms. The number of nitrogens with one attached hydrogen (secondary N) is 1. The summed E-state index contributed by atoms with van der Waals surface area (Å²) in [6.07, 6.45) is 8.81. The number of para-hydroxylation sites is 1. The molecule has 0 aliphatic carbocycles. The second-order valence-corrected chi connectivity index (χ2v) is 45.9. The largest absolute Gasteiger partial charge is 0.444 e. The number of rotatable bonds is 14. The molecule has 10 aromatic rings. The normalized spacial score (nSPS) is 15.4. The van der Waals surface area contributed by atoms with Gasteiger partial charge in [0.15, 0.2) is 5.65 Å². The number of anilines is 5. The fraction of sp³-hybridized carbons (Fsp3) is 0.447. The van der Waals surface area contributed by atoms with Crippen molar-refractivity contribution in [1.29, 1.82) is 5.41 Å². The van der Waals surface area contributed by atoms with Gasteiger partial charge in [0, 0.05) is 137 Å². The number of pyridine rings is 2. The summed E-state index contributed by atoms with van der Waals surface area (Å²) >= 11 is 23.9. The number of nitrogens with two attached hydrogens (primary N) is 4. The number of fused-ring (bicyclic) bond motifs is 1. The number of carbonyl (C=O) groups is 2. The molecular weight excluding hydrogens is 1940 g/mol. The van der Waals surface area contributed by atoms with E-state index in [1.54, 1.807) is 84.5 Å². The lowest BCUT2D eigenvalue weighted by Crippen LogP contribution is -2.60. The molecule has 0 saturated carbocycles. The second kappa shape index (κ2) is 50.3. The number of thioether (sulfide) groups is 1. The number of hydrogen-bond donors (Lipinski definition) is 5. The number of nitrogens with zero attached hydrogens (tertiary/aromatic N) is 8. The van der Waals surface area contributed by atoms with Gasteiger partial charge in [-0.25, -0.2) is 33.3 Å². The van der Waals surface area contributed by atoms with E-state index in [4.69, 9.17) is 82.6 Å². The Morgan fingerprint density at radius 2 is 0.925 bits per heavy atom. The molecule has 3 aromatic heterocycles. The molecule has 724 valence electrons. The molecular formula is C103H140Cl3FIN13O7S5. The Morgan fingerprint density at radius 1 is 0.504 bits per heavy atom. The Labute approximate surface area is 836 Å². The van der Waals surface area contributed by atoms with Gasteiger partial charge in [0.1, 0.15) is 33.8 Å². The molecule has 2 fully saturated rings. The maximum Gasteiger partial charge on any atom is 0.410 e. The first-order valence-corrected chi connectivity index (χ1v) is 54.0. The average Bonchev–Trinajstić information content (AvgIpc) is 0.729. The van der Waals surface area contributed by atoms with Crippen molar-refractivity contribution in [3.05, 3.63) is 229 Å². The molecule has 0 spiro atoms. The van der Waals surface area contributed by atoms with Crippen molar-refractivity contribution < 1.29 is 31.9 Å². The molecule has 2 unspecified atom stereocenters. The zero-order valence-corrected chi connectivity index (χ0v) is 91.8. The van der Waals surface area contributed by atoms with Crippen LogP contribution in [0.5, 0.6) is 0 Å². The highest BCUT2D eigenvalue weighted by molar-refractivity contribution is 14.1. The first kappa shape index (κ1) is 114. The molecule has 9 N–H and O–H groups in total. The van der Waals surface area contributed by atoms with Crippen LogP contribution >= 0.6 is 90.7 Å². The standard InChI is InChI=1S/C36H44ClN5O4S.C23H27Cl2FN4O2.C11H17NOS.C11H17NS.C10H14IN.C10H15N.C2H6S2/c1-20(2)27-16-25(47(10)45)15-22(4)31(27)42-33-28(17-29(37)30(38-33)26-14-12-11-13-21(26)3)32(39-34(42)43)40-18-24(6)41(19-23(40)5)35(44)46-36(7,8)9;1-13-12-30(22(31)32-23(3,4)5)14(2)11-29(13)21(27)16-10-17(24)19(28-20(16)25)15-8-6-7-9-18(15)26;1-7(2)10-6-9(14(4)13)5-8(3)11(10)12;1-7(2)10-6-9(13-4)5-8(3)11(10)12;1-6(2)9-5-8(11)4-7(3)10(9)12;1-7(2)9-6-4-5-8(3)10(9)11;1-3-4-2/h11-17,20,23-24H,18-19H2,1-10H3;6-10,13-14,27H,11-12H2,1-5H3;5-7H,12H2,1-4H3;5-7H,12H2,1-4H3;4-6H,12H2,1-3H3;4-7H,11H2,1-3H3;1-2H3/t23-,24+,47?;13-,14+;;;;;/m00...../s1. The van der Waals surface area contributed by atoms with Crippen LogP contribution in [0.15, 0.2) is 147 Å². The molecule has 5 heterocycles. The molecule has 12 rings (SSSR count). The average molecular weight is 2080 g/mol. The fourth-order valence-electron chi connectivity index (χ4n) is 15.2. The van der Waals surface area contributed by atoms with Crippen LogP contribution in [0.4, 0.5) is 42.5 Å². The summed E-state index contributed by atoms with van der Waals surface area (Å²) in [6.45, 7) is 53.8. The molecule has 2 aliphatic rings. The van der Waals surface area contributed by atoms with E-state index in [9.17, 15) is 27.2 Å². The third-order valence-corrected chi connectivity index (χ3v) is 27.9. The molecule has 7 aromatic carbocycles.